The summed E-state index contributed by atoms with van der Waals surface area (Å²) in [6, 6.07) is 0.777. The largest absolute Gasteiger partial charge is 0.300 e. The summed E-state index contributed by atoms with van der Waals surface area (Å²) in [4.78, 5) is 2.75. The van der Waals surface area contributed by atoms with E-state index in [9.17, 15) is 8.42 Å². The van der Waals surface area contributed by atoms with Gasteiger partial charge in [-0.15, -0.1) is 0 Å². The lowest BCUT2D eigenvalue weighted by Crippen LogP contribution is -2.31. The highest BCUT2D eigenvalue weighted by Gasteiger charge is 2.34. The number of aryl methyl sites for hydroxylation is 1. The Bertz CT molecular complexity index is 565. The van der Waals surface area contributed by atoms with Gasteiger partial charge in [0.05, 0.1) is 6.20 Å². The van der Waals surface area contributed by atoms with Crippen LogP contribution in [0.25, 0.3) is 0 Å². The molecule has 20 heavy (non-hydrogen) atoms. The van der Waals surface area contributed by atoms with Gasteiger partial charge in [0.2, 0.25) is 10.0 Å². The molecule has 1 aromatic heterocycles. The van der Waals surface area contributed by atoms with Crippen molar-refractivity contribution in [1.82, 2.24) is 19.4 Å². The van der Waals surface area contributed by atoms with Gasteiger partial charge in [-0.2, -0.15) is 5.10 Å². The van der Waals surface area contributed by atoms with Gasteiger partial charge >= 0.3 is 0 Å². The Morgan fingerprint density at radius 3 is 2.85 bits per heavy atom. The van der Waals surface area contributed by atoms with E-state index < -0.39 is 10.0 Å². The van der Waals surface area contributed by atoms with Gasteiger partial charge in [-0.05, 0) is 38.6 Å². The molecule has 1 unspecified atom stereocenters. The van der Waals surface area contributed by atoms with Crippen molar-refractivity contribution in [1.29, 1.82) is 0 Å². The van der Waals surface area contributed by atoms with E-state index in [0.717, 1.165) is 25.6 Å². The van der Waals surface area contributed by atoms with Crippen LogP contribution in [0.4, 0.5) is 0 Å². The van der Waals surface area contributed by atoms with Crippen molar-refractivity contribution < 1.29 is 8.42 Å². The van der Waals surface area contributed by atoms with Crippen molar-refractivity contribution in [2.75, 3.05) is 19.6 Å². The number of hydrogen-bond acceptors (Lipinski definition) is 4. The van der Waals surface area contributed by atoms with Gasteiger partial charge in [0.25, 0.3) is 0 Å². The summed E-state index contributed by atoms with van der Waals surface area (Å²) in [7, 11) is -3.41. The van der Waals surface area contributed by atoms with Gasteiger partial charge in [-0.25, -0.2) is 13.1 Å². The molecule has 2 heterocycles. The number of aromatic nitrogens is 2. The molecule has 0 spiro atoms. The Morgan fingerprint density at radius 2 is 2.20 bits per heavy atom. The lowest BCUT2D eigenvalue weighted by atomic mass is 10.1. The molecule has 0 bridgehead atoms. The van der Waals surface area contributed by atoms with Crippen molar-refractivity contribution in [3.63, 3.8) is 0 Å². The Morgan fingerprint density at radius 1 is 1.40 bits per heavy atom. The van der Waals surface area contributed by atoms with Crippen LogP contribution in [0.5, 0.6) is 0 Å². The second-order valence-corrected chi connectivity index (χ2v) is 7.53. The number of likely N-dealkylation sites (tertiary alicyclic amines) is 1. The van der Waals surface area contributed by atoms with E-state index in [2.05, 4.69) is 14.7 Å². The Hall–Kier alpha value is -0.920. The van der Waals surface area contributed by atoms with Crippen LogP contribution in [0.1, 0.15) is 26.2 Å². The number of nitrogens with one attached hydrogen (secondary N) is 1. The maximum absolute atomic E-state index is 12.2. The van der Waals surface area contributed by atoms with Crippen molar-refractivity contribution >= 4 is 10.0 Å². The van der Waals surface area contributed by atoms with Gasteiger partial charge in [0.1, 0.15) is 4.90 Å². The van der Waals surface area contributed by atoms with Crippen LogP contribution in [0.15, 0.2) is 17.3 Å². The zero-order valence-corrected chi connectivity index (χ0v) is 12.6. The van der Waals surface area contributed by atoms with Crippen LogP contribution < -0.4 is 4.72 Å². The Labute approximate surface area is 120 Å². The molecule has 1 saturated carbocycles. The van der Waals surface area contributed by atoms with Gasteiger partial charge in [0, 0.05) is 31.9 Å². The molecular formula is C13H22N4O2S. The van der Waals surface area contributed by atoms with Crippen LogP contribution >= 0.6 is 0 Å². The summed E-state index contributed by atoms with van der Waals surface area (Å²) in [6.45, 7) is 5.28. The fraction of sp³-hybridized carbons (Fsp3) is 0.769. The van der Waals surface area contributed by atoms with Gasteiger partial charge < -0.3 is 4.90 Å². The van der Waals surface area contributed by atoms with E-state index in [1.807, 2.05) is 6.92 Å². The molecule has 0 radical (unpaired) electrons. The second kappa shape index (κ2) is 5.46. The zero-order chi connectivity index (χ0) is 14.2. The molecule has 112 valence electrons. The molecule has 1 aliphatic carbocycles. The SMILES string of the molecule is CCn1cc(S(=O)(=O)NCC2CCN(C3CC3)C2)cn1. The first-order valence-electron chi connectivity index (χ1n) is 7.34. The predicted molar refractivity (Wildman–Crippen MR) is 75.8 cm³/mol. The summed E-state index contributed by atoms with van der Waals surface area (Å²) < 4.78 is 28.7. The normalized spacial score (nSPS) is 24.4. The monoisotopic (exact) mass is 298 g/mol. The molecule has 2 fully saturated rings. The molecule has 1 atom stereocenters. The van der Waals surface area contributed by atoms with Crippen LogP contribution in [-0.2, 0) is 16.6 Å². The third-order valence-electron chi connectivity index (χ3n) is 4.19. The van der Waals surface area contributed by atoms with Gasteiger partial charge in [0.15, 0.2) is 0 Å². The van der Waals surface area contributed by atoms with E-state index in [-0.39, 0.29) is 4.90 Å². The first-order chi connectivity index (χ1) is 9.58. The molecule has 0 aromatic carbocycles. The van der Waals surface area contributed by atoms with E-state index in [1.165, 1.54) is 19.0 Å². The molecular weight excluding hydrogens is 276 g/mol. The van der Waals surface area contributed by atoms with E-state index in [0.29, 0.717) is 19.0 Å². The molecule has 0 amide bonds. The lowest BCUT2D eigenvalue weighted by Gasteiger charge is -2.15. The lowest BCUT2D eigenvalue weighted by molar-refractivity contribution is 0.314. The summed E-state index contributed by atoms with van der Waals surface area (Å²) in [5.74, 6) is 0.437. The van der Waals surface area contributed by atoms with Crippen molar-refractivity contribution in [2.45, 2.75) is 43.7 Å². The van der Waals surface area contributed by atoms with Crippen molar-refractivity contribution in [3.8, 4) is 0 Å². The first-order valence-corrected chi connectivity index (χ1v) is 8.83. The number of sulfonamides is 1. The molecule has 7 heteroatoms. The maximum Gasteiger partial charge on any atom is 0.243 e. The summed E-state index contributed by atoms with van der Waals surface area (Å²) in [5.41, 5.74) is 0. The highest BCUT2D eigenvalue weighted by molar-refractivity contribution is 7.89. The number of hydrogen-bond donors (Lipinski definition) is 1. The van der Waals surface area contributed by atoms with Gasteiger partial charge in [-0.3, -0.25) is 4.68 Å². The van der Waals surface area contributed by atoms with Crippen LogP contribution in [0.2, 0.25) is 0 Å². The molecule has 6 nitrogen and oxygen atoms in total. The summed E-state index contributed by atoms with van der Waals surface area (Å²) in [6.07, 6.45) is 6.71. The average Bonchev–Trinajstić information content (AvgIpc) is 2.99. The molecule has 2 aliphatic rings. The molecule has 1 aromatic rings. The standard InChI is InChI=1S/C13H22N4O2S/c1-2-17-10-13(8-14-17)20(18,19)15-7-11-5-6-16(9-11)12-3-4-12/h8,10-12,15H,2-7,9H2,1H3. The predicted octanol–water partition coefficient (Wildman–Crippen LogP) is 0.666. The molecule has 1 aliphatic heterocycles. The summed E-state index contributed by atoms with van der Waals surface area (Å²) >= 11 is 0. The quantitative estimate of drug-likeness (QED) is 0.838. The highest BCUT2D eigenvalue weighted by atomic mass is 32.2. The average molecular weight is 298 g/mol. The molecule has 3 rings (SSSR count). The topological polar surface area (TPSA) is 67.2 Å². The Balaban J connectivity index is 1.54. The number of rotatable bonds is 6. The van der Waals surface area contributed by atoms with E-state index >= 15 is 0 Å². The summed E-state index contributed by atoms with van der Waals surface area (Å²) in [5, 5.41) is 4.01. The highest BCUT2D eigenvalue weighted by Crippen LogP contribution is 2.31. The molecule has 1 saturated heterocycles. The third-order valence-corrected chi connectivity index (χ3v) is 5.56. The fourth-order valence-corrected chi connectivity index (χ4v) is 3.84. The minimum absolute atomic E-state index is 0.261. The second-order valence-electron chi connectivity index (χ2n) is 5.76. The van der Waals surface area contributed by atoms with Crippen LogP contribution in [-0.4, -0.2) is 48.8 Å². The van der Waals surface area contributed by atoms with Gasteiger partial charge in [-0.1, -0.05) is 0 Å². The smallest absolute Gasteiger partial charge is 0.243 e. The fourth-order valence-electron chi connectivity index (χ4n) is 2.77. The number of nitrogens with zero attached hydrogens (tertiary/aromatic N) is 3. The van der Waals surface area contributed by atoms with E-state index in [4.69, 9.17) is 0 Å². The minimum atomic E-state index is -3.41. The Kier molecular flexibility index (Phi) is 3.83. The van der Waals surface area contributed by atoms with Crippen molar-refractivity contribution in [3.05, 3.63) is 12.4 Å². The van der Waals surface area contributed by atoms with E-state index in [1.54, 1.807) is 10.9 Å². The maximum atomic E-state index is 12.2. The van der Waals surface area contributed by atoms with Crippen LogP contribution in [0, 0.1) is 5.92 Å². The zero-order valence-electron chi connectivity index (χ0n) is 11.8. The van der Waals surface area contributed by atoms with Crippen molar-refractivity contribution in [2.24, 2.45) is 5.92 Å². The van der Waals surface area contributed by atoms with Crippen LogP contribution in [0.3, 0.4) is 0 Å². The molecule has 1 N–H and O–H groups in total. The first kappa shape index (κ1) is 14.0. The third kappa shape index (κ3) is 3.05. The minimum Gasteiger partial charge on any atom is -0.300 e.